The lowest BCUT2D eigenvalue weighted by Gasteiger charge is -2.23. The summed E-state index contributed by atoms with van der Waals surface area (Å²) in [5, 5.41) is 27.0. The number of anilines is 1. The van der Waals surface area contributed by atoms with Gasteiger partial charge in [0.25, 0.3) is 5.91 Å². The lowest BCUT2D eigenvalue weighted by molar-refractivity contribution is -0.138. The molecule has 3 aliphatic rings. The van der Waals surface area contributed by atoms with E-state index in [1.54, 1.807) is 20.8 Å². The maximum absolute atomic E-state index is 13.0. The smallest absolute Gasteiger partial charge is 0.426 e. The van der Waals surface area contributed by atoms with Crippen LogP contribution in [-0.2, 0) is 36.8 Å². The summed E-state index contributed by atoms with van der Waals surface area (Å²) in [7, 11) is 0. The molecule has 0 fully saturated rings. The number of ether oxygens (including phenoxy) is 1. The van der Waals surface area contributed by atoms with Crippen LogP contribution in [0, 0.1) is 0 Å². The van der Waals surface area contributed by atoms with Crippen molar-refractivity contribution in [3.63, 3.8) is 0 Å². The number of fused-ring (bicyclic) bond motifs is 2. The van der Waals surface area contributed by atoms with Gasteiger partial charge in [0.1, 0.15) is 23.0 Å². The number of hydrogen-bond acceptors (Lipinski definition) is 11. The van der Waals surface area contributed by atoms with Gasteiger partial charge in [0, 0.05) is 72.6 Å². The summed E-state index contributed by atoms with van der Waals surface area (Å²) in [5.74, 6) is -0.640. The molecule has 0 saturated carbocycles. The molecule has 2 aromatic carbocycles. The molecule has 3 amide bonds. The topological polar surface area (TPSA) is 251 Å². The molecule has 0 bridgehead atoms. The maximum Gasteiger partial charge on any atom is 0.426 e. The third-order valence-electron chi connectivity index (χ3n) is 8.98. The quantitative estimate of drug-likeness (QED) is 0.102. The van der Waals surface area contributed by atoms with Gasteiger partial charge < -0.3 is 41.1 Å². The normalized spacial score (nSPS) is 16.5. The summed E-state index contributed by atoms with van der Waals surface area (Å²) in [4.78, 5) is 68.9. The van der Waals surface area contributed by atoms with Gasteiger partial charge in [-0.2, -0.15) is 0 Å². The summed E-state index contributed by atoms with van der Waals surface area (Å²) >= 11 is 0. The first-order valence-electron chi connectivity index (χ1n) is 17.7. The van der Waals surface area contributed by atoms with Crippen molar-refractivity contribution in [2.45, 2.75) is 76.7 Å². The van der Waals surface area contributed by atoms with E-state index in [2.05, 4.69) is 39.0 Å². The molecule has 1 aromatic heterocycles. The van der Waals surface area contributed by atoms with Gasteiger partial charge in [0.15, 0.2) is 5.76 Å². The molecule has 2 unspecified atom stereocenters. The van der Waals surface area contributed by atoms with E-state index in [1.165, 1.54) is 0 Å². The lowest BCUT2D eigenvalue weighted by atomic mass is 9.81. The minimum absolute atomic E-state index is 0.0295. The number of benzene rings is 2. The summed E-state index contributed by atoms with van der Waals surface area (Å²) in [5.41, 5.74) is 15.7. The zero-order valence-electron chi connectivity index (χ0n) is 30.7. The highest BCUT2D eigenvalue weighted by Gasteiger charge is 2.32. The Balaban J connectivity index is 0.000000574. The van der Waals surface area contributed by atoms with Crippen molar-refractivity contribution in [3.8, 4) is 11.3 Å². The summed E-state index contributed by atoms with van der Waals surface area (Å²) < 4.78 is 11.6. The highest BCUT2D eigenvalue weighted by atomic mass is 16.6. The number of rotatable bonds is 11. The van der Waals surface area contributed by atoms with Crippen molar-refractivity contribution in [2.75, 3.05) is 18.4 Å². The van der Waals surface area contributed by atoms with Crippen LogP contribution in [0.1, 0.15) is 91.1 Å². The van der Waals surface area contributed by atoms with Crippen LogP contribution >= 0.6 is 0 Å². The molecule has 6 rings (SSSR count). The van der Waals surface area contributed by atoms with Crippen molar-refractivity contribution in [1.29, 1.82) is 0 Å². The van der Waals surface area contributed by atoms with Crippen molar-refractivity contribution in [1.82, 2.24) is 21.5 Å². The zero-order chi connectivity index (χ0) is 39.9. The van der Waals surface area contributed by atoms with Gasteiger partial charge in [-0.1, -0.05) is 12.2 Å². The van der Waals surface area contributed by atoms with Gasteiger partial charge in [0.2, 0.25) is 5.91 Å². The van der Waals surface area contributed by atoms with Crippen LogP contribution in [-0.4, -0.2) is 64.7 Å². The van der Waals surface area contributed by atoms with Crippen LogP contribution in [0.5, 0.6) is 0 Å². The predicted molar refractivity (Wildman–Crippen MR) is 201 cm³/mol. The minimum atomic E-state index is -0.948. The Hall–Kier alpha value is -6.54. The molecule has 0 aliphatic carbocycles. The number of hydrogen-bond donors (Lipinski definition) is 8. The molecule has 3 aliphatic heterocycles. The highest BCUT2D eigenvalue weighted by Crippen LogP contribution is 2.45. The highest BCUT2D eigenvalue weighted by molar-refractivity contribution is 6.11. The summed E-state index contributed by atoms with van der Waals surface area (Å²) in [6.45, 7) is 6.45. The van der Waals surface area contributed by atoms with E-state index in [-0.39, 0.29) is 43.3 Å². The molecule has 2 atom stereocenters. The standard InChI is InChI=1S/C34H36N6O6.C5H8O4/c1-34(2,3)46-33(44)40-39-27(42)7-5-23-24(19-8-10-36-15-19)14-25-29(28(23)20-9-11-37-16-20)30(45-31(25)32(35)43)18-4-6-26-21(12-18)13-22(17-41)38-26;6-4(7)2-1-3-5(8)9/h4,6,8-12,14,19-20,36-38H,5,7,13,15-16H2,1-3H3,(H2,35,43)(H,39,42)(H,40,44);1-3H2,(H,6,7)(H,8,9). The largest absolute Gasteiger partial charge is 0.481 e. The number of amides is 3. The van der Waals surface area contributed by atoms with Gasteiger partial charge in [-0.15, -0.1) is 0 Å². The maximum atomic E-state index is 13.0. The number of hydrazine groups is 1. The van der Waals surface area contributed by atoms with Gasteiger partial charge in [-0.3, -0.25) is 24.6 Å². The molecule has 3 aromatic rings. The third kappa shape index (κ3) is 9.91. The number of nitrogens with one attached hydrogen (secondary N) is 5. The Bertz CT molecular complexity index is 2110. The molecule has 0 radical (unpaired) electrons. The Labute approximate surface area is 316 Å². The van der Waals surface area contributed by atoms with Gasteiger partial charge in [-0.25, -0.2) is 15.0 Å². The molecule has 290 valence electrons. The number of carboxylic acids is 2. The van der Waals surface area contributed by atoms with Gasteiger partial charge in [0.05, 0.1) is 0 Å². The Morgan fingerprint density at radius 3 is 2.22 bits per heavy atom. The fourth-order valence-electron chi connectivity index (χ4n) is 6.69. The van der Waals surface area contributed by atoms with E-state index in [0.717, 1.165) is 38.9 Å². The second-order valence-corrected chi connectivity index (χ2v) is 14.2. The predicted octanol–water partition coefficient (Wildman–Crippen LogP) is 4.10. The number of carbonyl (C=O) groups is 5. The number of allylic oxidation sites excluding steroid dienone is 1. The first kappa shape index (κ1) is 39.7. The third-order valence-corrected chi connectivity index (χ3v) is 8.98. The number of carbonyl (C=O) groups excluding carboxylic acids is 4. The summed E-state index contributed by atoms with van der Waals surface area (Å²) in [6.07, 6.45) is 8.04. The van der Waals surface area contributed by atoms with Crippen molar-refractivity contribution in [3.05, 3.63) is 82.5 Å². The second kappa shape index (κ2) is 17.1. The number of carboxylic acid groups (broad SMARTS) is 2. The van der Waals surface area contributed by atoms with Crippen LogP contribution in [0.25, 0.3) is 22.1 Å². The first-order valence-corrected chi connectivity index (χ1v) is 17.7. The van der Waals surface area contributed by atoms with E-state index >= 15 is 0 Å². The Morgan fingerprint density at radius 2 is 1.64 bits per heavy atom. The molecule has 0 spiro atoms. The molecular weight excluding hydrogens is 712 g/mol. The Kier molecular flexibility index (Phi) is 12.3. The minimum Gasteiger partial charge on any atom is -0.481 e. The van der Waals surface area contributed by atoms with Crippen LogP contribution in [0.2, 0.25) is 0 Å². The number of furan rings is 1. The average Bonchev–Trinajstić information content (AvgIpc) is 3.95. The van der Waals surface area contributed by atoms with E-state index in [4.69, 9.17) is 25.1 Å². The van der Waals surface area contributed by atoms with E-state index < -0.39 is 35.4 Å². The van der Waals surface area contributed by atoms with Crippen molar-refractivity contribution < 1.29 is 48.1 Å². The van der Waals surface area contributed by atoms with Gasteiger partial charge >= 0.3 is 18.0 Å². The van der Waals surface area contributed by atoms with Crippen LogP contribution in [0.3, 0.4) is 0 Å². The monoisotopic (exact) mass is 756 g/mol. The number of primary amides is 1. The van der Waals surface area contributed by atoms with Crippen molar-refractivity contribution >= 4 is 52.2 Å². The molecule has 55 heavy (non-hydrogen) atoms. The van der Waals surface area contributed by atoms with E-state index in [9.17, 15) is 28.8 Å². The van der Waals surface area contributed by atoms with Crippen LogP contribution < -0.4 is 32.5 Å². The zero-order valence-corrected chi connectivity index (χ0v) is 30.7. The molecule has 4 heterocycles. The fraction of sp³-hybridized carbons (Fsp3) is 0.359. The fourth-order valence-corrected chi connectivity index (χ4v) is 6.69. The first-order chi connectivity index (χ1) is 26.1. The number of nitrogens with two attached hydrogens (primary N) is 1. The molecule has 16 heteroatoms. The molecular formula is C39H44N6O10. The molecule has 0 saturated heterocycles. The average molecular weight is 757 g/mol. The van der Waals surface area contributed by atoms with Crippen LogP contribution in [0.4, 0.5) is 10.5 Å². The second-order valence-electron chi connectivity index (χ2n) is 14.2. The summed E-state index contributed by atoms with van der Waals surface area (Å²) in [6, 6.07) is 7.64. The van der Waals surface area contributed by atoms with Crippen LogP contribution in [0.15, 0.2) is 58.9 Å². The number of aliphatic carboxylic acids is 2. The molecule has 16 nitrogen and oxygen atoms in total. The van der Waals surface area contributed by atoms with Crippen molar-refractivity contribution in [2.24, 2.45) is 5.73 Å². The van der Waals surface area contributed by atoms with E-state index in [1.807, 2.05) is 42.6 Å². The van der Waals surface area contributed by atoms with E-state index in [0.29, 0.717) is 42.8 Å². The SMILES string of the molecule is CC(C)(C)OC(=O)NNC(=O)CCc1c(C2C=CNC2)cc2c(C(N)=O)oc(-c3ccc4c(c3)CC(=C=O)N4)c2c1C1C=CNC1.O=C(O)CCCC(=O)O. The molecule has 9 N–H and O–H groups in total. The van der Waals surface area contributed by atoms with Gasteiger partial charge in [-0.05, 0) is 92.5 Å². The lowest BCUT2D eigenvalue weighted by Crippen LogP contribution is -2.44. The Morgan fingerprint density at radius 1 is 0.964 bits per heavy atom.